The second-order valence-electron chi connectivity index (χ2n) is 7.92. The summed E-state index contributed by atoms with van der Waals surface area (Å²) in [6, 6.07) is 6.21. The molecule has 1 aromatic carbocycles. The molecule has 2 aliphatic heterocycles. The summed E-state index contributed by atoms with van der Waals surface area (Å²) in [6.45, 7) is 12.3. The van der Waals surface area contributed by atoms with Crippen molar-refractivity contribution in [3.05, 3.63) is 28.8 Å². The molecule has 160 valence electrons. The van der Waals surface area contributed by atoms with Crippen molar-refractivity contribution in [2.24, 2.45) is 5.92 Å². The van der Waals surface area contributed by atoms with Gasteiger partial charge in [0.15, 0.2) is 0 Å². The van der Waals surface area contributed by atoms with Crippen LogP contribution in [0.5, 0.6) is 0 Å². The third-order valence-electron chi connectivity index (χ3n) is 5.96. The van der Waals surface area contributed by atoms with Crippen LogP contribution >= 0.6 is 36.4 Å². The summed E-state index contributed by atoms with van der Waals surface area (Å²) in [6.07, 6.45) is 3.79. The highest BCUT2D eigenvalue weighted by Gasteiger charge is 2.22. The number of ketones is 1. The number of likely N-dealkylation sites (tertiary alicyclic amines) is 1. The number of nitrogens with zero attached hydrogens (tertiary/aromatic N) is 3. The van der Waals surface area contributed by atoms with E-state index in [0.29, 0.717) is 6.54 Å². The van der Waals surface area contributed by atoms with Gasteiger partial charge in [-0.2, -0.15) is 0 Å². The molecule has 7 heteroatoms. The third-order valence-corrected chi connectivity index (χ3v) is 6.37. The molecule has 28 heavy (non-hydrogen) atoms. The number of hydrogen-bond donors (Lipinski definition) is 0. The lowest BCUT2D eigenvalue weighted by molar-refractivity contribution is -0.118. The summed E-state index contributed by atoms with van der Waals surface area (Å²) < 4.78 is 0. The molecule has 2 aliphatic rings. The van der Waals surface area contributed by atoms with Gasteiger partial charge in [0, 0.05) is 36.9 Å². The fourth-order valence-corrected chi connectivity index (χ4v) is 4.43. The molecule has 0 N–H and O–H groups in total. The van der Waals surface area contributed by atoms with Crippen LogP contribution < -0.4 is 4.90 Å². The summed E-state index contributed by atoms with van der Waals surface area (Å²) in [5.41, 5.74) is 2.48. The quantitative estimate of drug-likeness (QED) is 0.645. The fourth-order valence-electron chi connectivity index (χ4n) is 4.26. The average molecular weight is 451 g/mol. The summed E-state index contributed by atoms with van der Waals surface area (Å²) in [5.74, 6) is 1.11. The van der Waals surface area contributed by atoms with Gasteiger partial charge >= 0.3 is 0 Å². The number of benzene rings is 1. The van der Waals surface area contributed by atoms with Gasteiger partial charge in [-0.15, -0.1) is 24.8 Å². The number of anilines is 1. The predicted octanol–water partition coefficient (Wildman–Crippen LogP) is 4.31. The second kappa shape index (κ2) is 12.2. The Kier molecular flexibility index (Phi) is 11.2. The van der Waals surface area contributed by atoms with Crippen LogP contribution in [-0.4, -0.2) is 67.9 Å². The SMILES string of the molecule is CC(=O)CN1CCC(CCN2CCN(c3cccc(Cl)c3C)CC2)CC1.Cl.Cl. The van der Waals surface area contributed by atoms with Gasteiger partial charge in [-0.05, 0) is 76.4 Å². The van der Waals surface area contributed by atoms with E-state index in [1.54, 1.807) is 6.92 Å². The zero-order valence-electron chi connectivity index (χ0n) is 17.0. The lowest BCUT2D eigenvalue weighted by Crippen LogP contribution is -2.47. The Bertz CT molecular complexity index is 613. The van der Waals surface area contributed by atoms with E-state index < -0.39 is 0 Å². The number of carbonyl (C=O) groups is 1. The molecule has 0 aromatic heterocycles. The van der Waals surface area contributed by atoms with Crippen molar-refractivity contribution in [3.63, 3.8) is 0 Å². The summed E-state index contributed by atoms with van der Waals surface area (Å²) >= 11 is 6.28. The lowest BCUT2D eigenvalue weighted by Gasteiger charge is -2.38. The van der Waals surface area contributed by atoms with E-state index in [9.17, 15) is 4.79 Å². The van der Waals surface area contributed by atoms with E-state index in [0.717, 1.165) is 50.2 Å². The van der Waals surface area contributed by atoms with Crippen LogP contribution in [-0.2, 0) is 4.79 Å². The van der Waals surface area contributed by atoms with Gasteiger partial charge in [0.1, 0.15) is 5.78 Å². The molecule has 0 bridgehead atoms. The standard InChI is InChI=1S/C21H32ClN3O.2ClH/c1-17(26)16-24-10-7-19(8-11-24)6-9-23-12-14-25(15-13-23)21-5-3-4-20(22)18(21)2;;/h3-5,19H,6-16H2,1-2H3;2*1H. The molecule has 0 radical (unpaired) electrons. The van der Waals surface area contributed by atoms with Crippen LogP contribution in [0.4, 0.5) is 5.69 Å². The first-order chi connectivity index (χ1) is 12.5. The predicted molar refractivity (Wildman–Crippen MR) is 124 cm³/mol. The minimum Gasteiger partial charge on any atom is -0.369 e. The topological polar surface area (TPSA) is 26.8 Å². The Balaban J connectivity index is 0.00000196. The molecular weight excluding hydrogens is 417 g/mol. The molecule has 0 aliphatic carbocycles. The third kappa shape index (κ3) is 7.07. The average Bonchev–Trinajstić information content (AvgIpc) is 2.63. The van der Waals surface area contributed by atoms with Crippen LogP contribution in [0.2, 0.25) is 5.02 Å². The smallest absolute Gasteiger partial charge is 0.143 e. The molecule has 0 atom stereocenters. The van der Waals surface area contributed by atoms with Crippen molar-refractivity contribution < 1.29 is 4.79 Å². The first kappa shape index (κ1) is 25.5. The van der Waals surface area contributed by atoms with E-state index in [1.165, 1.54) is 37.1 Å². The molecule has 0 unspecified atom stereocenters. The van der Waals surface area contributed by atoms with Crippen LogP contribution in [0, 0.1) is 12.8 Å². The molecular formula is C21H34Cl3N3O. The van der Waals surface area contributed by atoms with Crippen molar-refractivity contribution in [3.8, 4) is 0 Å². The zero-order valence-corrected chi connectivity index (χ0v) is 19.4. The Morgan fingerprint density at radius 1 is 1.04 bits per heavy atom. The molecule has 2 heterocycles. The first-order valence-electron chi connectivity index (χ1n) is 9.97. The first-order valence-corrected chi connectivity index (χ1v) is 10.3. The highest BCUT2D eigenvalue weighted by molar-refractivity contribution is 6.31. The highest BCUT2D eigenvalue weighted by atomic mass is 35.5. The van der Waals surface area contributed by atoms with E-state index >= 15 is 0 Å². The fraction of sp³-hybridized carbons (Fsp3) is 0.667. The van der Waals surface area contributed by atoms with Gasteiger partial charge in [0.05, 0.1) is 6.54 Å². The number of carbonyl (C=O) groups excluding carboxylic acids is 1. The maximum Gasteiger partial charge on any atom is 0.143 e. The number of rotatable bonds is 6. The molecule has 1 aromatic rings. The molecule has 0 saturated carbocycles. The lowest BCUT2D eigenvalue weighted by atomic mass is 9.93. The maximum atomic E-state index is 11.2. The van der Waals surface area contributed by atoms with Crippen LogP contribution in [0.1, 0.15) is 31.7 Å². The molecule has 2 saturated heterocycles. The number of Topliss-reactive ketones (excluding diaryl/α,β-unsaturated/α-hetero) is 1. The maximum absolute atomic E-state index is 11.2. The van der Waals surface area contributed by atoms with E-state index in [1.807, 2.05) is 6.07 Å². The second-order valence-corrected chi connectivity index (χ2v) is 8.33. The van der Waals surface area contributed by atoms with Crippen LogP contribution in [0.3, 0.4) is 0 Å². The molecule has 4 nitrogen and oxygen atoms in total. The Hall–Kier alpha value is -0.520. The minimum atomic E-state index is 0. The monoisotopic (exact) mass is 449 g/mol. The number of piperidine rings is 1. The summed E-state index contributed by atoms with van der Waals surface area (Å²) in [7, 11) is 0. The molecule has 2 fully saturated rings. The number of piperazine rings is 1. The van der Waals surface area contributed by atoms with Crippen molar-refractivity contribution in [2.75, 3.05) is 57.3 Å². The van der Waals surface area contributed by atoms with E-state index in [-0.39, 0.29) is 30.6 Å². The van der Waals surface area contributed by atoms with E-state index in [4.69, 9.17) is 11.6 Å². The molecule has 3 rings (SSSR count). The van der Waals surface area contributed by atoms with Crippen molar-refractivity contribution in [1.82, 2.24) is 9.80 Å². The van der Waals surface area contributed by atoms with Gasteiger partial charge in [-0.3, -0.25) is 14.6 Å². The minimum absolute atomic E-state index is 0. The summed E-state index contributed by atoms with van der Waals surface area (Å²) in [5, 5.41) is 0.862. The zero-order chi connectivity index (χ0) is 18.5. The van der Waals surface area contributed by atoms with Crippen LogP contribution in [0.15, 0.2) is 18.2 Å². The van der Waals surface area contributed by atoms with Gasteiger partial charge in [-0.1, -0.05) is 17.7 Å². The van der Waals surface area contributed by atoms with Crippen molar-refractivity contribution in [2.45, 2.75) is 33.1 Å². The highest BCUT2D eigenvalue weighted by Crippen LogP contribution is 2.27. The Morgan fingerprint density at radius 2 is 1.68 bits per heavy atom. The van der Waals surface area contributed by atoms with Crippen molar-refractivity contribution >= 4 is 47.9 Å². The van der Waals surface area contributed by atoms with Gasteiger partial charge < -0.3 is 4.90 Å². The van der Waals surface area contributed by atoms with Crippen molar-refractivity contribution in [1.29, 1.82) is 0 Å². The number of hydrogen-bond acceptors (Lipinski definition) is 4. The Morgan fingerprint density at radius 3 is 2.29 bits per heavy atom. The largest absolute Gasteiger partial charge is 0.369 e. The van der Waals surface area contributed by atoms with Crippen LogP contribution in [0.25, 0.3) is 0 Å². The number of halogens is 3. The normalized spacial score (nSPS) is 19.0. The Labute approximate surface area is 187 Å². The summed E-state index contributed by atoms with van der Waals surface area (Å²) in [4.78, 5) is 18.6. The molecule has 0 spiro atoms. The van der Waals surface area contributed by atoms with Gasteiger partial charge in [0.2, 0.25) is 0 Å². The van der Waals surface area contributed by atoms with Gasteiger partial charge in [-0.25, -0.2) is 0 Å². The molecule has 0 amide bonds. The van der Waals surface area contributed by atoms with E-state index in [2.05, 4.69) is 33.8 Å². The van der Waals surface area contributed by atoms with Gasteiger partial charge in [0.25, 0.3) is 0 Å².